The average molecular weight is 252 g/mol. The minimum atomic E-state index is -0.215. The van der Waals surface area contributed by atoms with Gasteiger partial charge in [-0.1, -0.05) is 6.07 Å². The van der Waals surface area contributed by atoms with Crippen LogP contribution in [0.25, 0.3) is 0 Å². The summed E-state index contributed by atoms with van der Waals surface area (Å²) in [6.07, 6.45) is 0. The Balaban J connectivity index is 2.83. The highest BCUT2D eigenvalue weighted by Gasteiger charge is 2.18. The van der Waals surface area contributed by atoms with Gasteiger partial charge in [-0.15, -0.1) is 0 Å². The van der Waals surface area contributed by atoms with Crippen molar-refractivity contribution >= 4 is 5.91 Å². The summed E-state index contributed by atoms with van der Waals surface area (Å²) in [5.74, 6) is -0.0168. The lowest BCUT2D eigenvalue weighted by molar-refractivity contribution is 0.0782. The average Bonchev–Trinajstić information content (AvgIpc) is 2.35. The monoisotopic (exact) mass is 252 g/mol. The van der Waals surface area contributed by atoms with Crippen LogP contribution in [0.5, 0.6) is 11.5 Å². The zero-order valence-corrected chi connectivity index (χ0v) is 11.3. The number of para-hydroxylation sites is 1. The van der Waals surface area contributed by atoms with Gasteiger partial charge in [0.1, 0.15) is 0 Å². The Morgan fingerprint density at radius 2 is 1.94 bits per heavy atom. The molecule has 1 aromatic rings. The van der Waals surface area contributed by atoms with Gasteiger partial charge in [0.25, 0.3) is 5.91 Å². The van der Waals surface area contributed by atoms with Gasteiger partial charge >= 0.3 is 0 Å². The van der Waals surface area contributed by atoms with Crippen LogP contribution in [0.15, 0.2) is 18.2 Å². The van der Waals surface area contributed by atoms with Crippen molar-refractivity contribution in [3.8, 4) is 11.5 Å². The minimum Gasteiger partial charge on any atom is -0.504 e. The number of hydrogen-bond acceptors (Lipinski definition) is 4. The van der Waals surface area contributed by atoms with Gasteiger partial charge in [-0.2, -0.15) is 0 Å². The first kappa shape index (κ1) is 14.3. The summed E-state index contributed by atoms with van der Waals surface area (Å²) in [6, 6.07) is 4.89. The fourth-order valence-electron chi connectivity index (χ4n) is 1.52. The fourth-order valence-corrected chi connectivity index (χ4v) is 1.52. The lowest BCUT2D eigenvalue weighted by atomic mass is 10.1. The van der Waals surface area contributed by atoms with E-state index in [1.54, 1.807) is 30.1 Å². The second kappa shape index (κ2) is 6.26. The van der Waals surface area contributed by atoms with Crippen molar-refractivity contribution in [1.29, 1.82) is 0 Å². The molecule has 0 unspecified atom stereocenters. The Kier molecular flexibility index (Phi) is 4.97. The molecule has 0 aliphatic heterocycles. The van der Waals surface area contributed by atoms with Gasteiger partial charge in [0.15, 0.2) is 11.5 Å². The van der Waals surface area contributed by atoms with Gasteiger partial charge in [0, 0.05) is 20.1 Å². The highest BCUT2D eigenvalue weighted by atomic mass is 16.5. The van der Waals surface area contributed by atoms with Crippen molar-refractivity contribution in [1.82, 2.24) is 9.80 Å². The molecule has 0 spiro atoms. The molecular weight excluding hydrogens is 232 g/mol. The number of carbonyl (C=O) groups excluding carboxylic acids is 1. The molecule has 1 rings (SSSR count). The molecule has 0 fully saturated rings. The van der Waals surface area contributed by atoms with Crippen LogP contribution in [-0.2, 0) is 0 Å². The Labute approximate surface area is 108 Å². The number of methoxy groups -OCH3 is 1. The summed E-state index contributed by atoms with van der Waals surface area (Å²) >= 11 is 0. The van der Waals surface area contributed by atoms with E-state index in [1.165, 1.54) is 7.11 Å². The van der Waals surface area contributed by atoms with Crippen molar-refractivity contribution < 1.29 is 14.6 Å². The summed E-state index contributed by atoms with van der Waals surface area (Å²) < 4.78 is 4.98. The largest absolute Gasteiger partial charge is 0.504 e. The van der Waals surface area contributed by atoms with E-state index < -0.39 is 0 Å². The Hall–Kier alpha value is -1.75. The van der Waals surface area contributed by atoms with Gasteiger partial charge in [-0.05, 0) is 26.2 Å². The number of phenolic OH excluding ortho intramolecular Hbond substituents is 1. The number of rotatable bonds is 5. The number of ether oxygens (including phenoxy) is 1. The van der Waals surface area contributed by atoms with E-state index in [0.717, 1.165) is 6.54 Å². The summed E-state index contributed by atoms with van der Waals surface area (Å²) in [4.78, 5) is 15.7. The van der Waals surface area contributed by atoms with Crippen LogP contribution < -0.4 is 4.74 Å². The molecule has 0 saturated heterocycles. The van der Waals surface area contributed by atoms with Crippen molar-refractivity contribution in [2.24, 2.45) is 0 Å². The Morgan fingerprint density at radius 3 is 2.50 bits per heavy atom. The fraction of sp³-hybridized carbons (Fsp3) is 0.462. The Bertz CT molecular complexity index is 419. The van der Waals surface area contributed by atoms with Crippen LogP contribution in [0.3, 0.4) is 0 Å². The van der Waals surface area contributed by atoms with E-state index in [2.05, 4.69) is 0 Å². The molecule has 18 heavy (non-hydrogen) atoms. The molecule has 0 aliphatic rings. The molecule has 100 valence electrons. The zero-order valence-electron chi connectivity index (χ0n) is 11.3. The van der Waals surface area contributed by atoms with Crippen LogP contribution in [-0.4, -0.2) is 62.2 Å². The molecule has 0 aliphatic carbocycles. The van der Waals surface area contributed by atoms with Crippen LogP contribution in [0, 0.1) is 0 Å². The quantitative estimate of drug-likeness (QED) is 0.850. The molecule has 1 N–H and O–H groups in total. The topological polar surface area (TPSA) is 53.0 Å². The van der Waals surface area contributed by atoms with Crippen LogP contribution >= 0.6 is 0 Å². The molecule has 0 radical (unpaired) electrons. The molecule has 1 aromatic carbocycles. The third-order valence-corrected chi connectivity index (χ3v) is 2.68. The molecule has 0 aromatic heterocycles. The van der Waals surface area contributed by atoms with E-state index in [4.69, 9.17) is 4.74 Å². The lowest BCUT2D eigenvalue weighted by Crippen LogP contribution is -2.33. The first-order valence-corrected chi connectivity index (χ1v) is 5.73. The normalized spacial score (nSPS) is 10.5. The molecule has 5 nitrogen and oxygen atoms in total. The third kappa shape index (κ3) is 3.37. The SMILES string of the molecule is COc1cccc(C(=O)N(C)CCN(C)C)c1O. The van der Waals surface area contributed by atoms with Crippen LogP contribution in [0.2, 0.25) is 0 Å². The van der Waals surface area contributed by atoms with Gasteiger partial charge < -0.3 is 19.6 Å². The second-order valence-corrected chi connectivity index (χ2v) is 4.39. The summed E-state index contributed by atoms with van der Waals surface area (Å²) in [6.45, 7) is 1.37. The summed E-state index contributed by atoms with van der Waals surface area (Å²) in [5, 5.41) is 9.90. The van der Waals surface area contributed by atoms with Crippen molar-refractivity contribution in [3.05, 3.63) is 23.8 Å². The van der Waals surface area contributed by atoms with E-state index in [9.17, 15) is 9.90 Å². The van der Waals surface area contributed by atoms with E-state index in [-0.39, 0.29) is 17.2 Å². The summed E-state index contributed by atoms with van der Waals surface area (Å²) in [7, 11) is 7.06. The molecule has 0 saturated carbocycles. The zero-order chi connectivity index (χ0) is 13.7. The van der Waals surface area contributed by atoms with Gasteiger partial charge in [0.2, 0.25) is 0 Å². The molecule has 0 bridgehead atoms. The highest BCUT2D eigenvalue weighted by Crippen LogP contribution is 2.29. The number of benzene rings is 1. The second-order valence-electron chi connectivity index (χ2n) is 4.39. The van der Waals surface area contributed by atoms with E-state index in [1.807, 2.05) is 19.0 Å². The lowest BCUT2D eigenvalue weighted by Gasteiger charge is -2.20. The van der Waals surface area contributed by atoms with Gasteiger partial charge in [0.05, 0.1) is 12.7 Å². The Morgan fingerprint density at radius 1 is 1.28 bits per heavy atom. The molecule has 0 heterocycles. The van der Waals surface area contributed by atoms with Crippen LogP contribution in [0.4, 0.5) is 0 Å². The van der Waals surface area contributed by atoms with E-state index >= 15 is 0 Å². The van der Waals surface area contributed by atoms with Crippen LogP contribution in [0.1, 0.15) is 10.4 Å². The van der Waals surface area contributed by atoms with E-state index in [0.29, 0.717) is 12.3 Å². The molecule has 5 heteroatoms. The third-order valence-electron chi connectivity index (χ3n) is 2.68. The van der Waals surface area contributed by atoms with Crippen molar-refractivity contribution in [2.75, 3.05) is 41.3 Å². The van der Waals surface area contributed by atoms with Gasteiger partial charge in [-0.25, -0.2) is 0 Å². The first-order chi connectivity index (χ1) is 8.47. The number of nitrogens with zero attached hydrogens (tertiary/aromatic N) is 2. The minimum absolute atomic E-state index is 0.110. The first-order valence-electron chi connectivity index (χ1n) is 5.73. The number of carbonyl (C=O) groups is 1. The highest BCUT2D eigenvalue weighted by molar-refractivity contribution is 5.97. The number of phenols is 1. The maximum atomic E-state index is 12.1. The predicted molar refractivity (Wildman–Crippen MR) is 70.2 cm³/mol. The molecular formula is C13H20N2O3. The number of amides is 1. The van der Waals surface area contributed by atoms with Gasteiger partial charge in [-0.3, -0.25) is 4.79 Å². The molecule has 1 amide bonds. The number of likely N-dealkylation sites (N-methyl/N-ethyl adjacent to an activating group) is 2. The molecule has 0 atom stereocenters. The number of hydrogen-bond donors (Lipinski definition) is 1. The summed E-state index contributed by atoms with van der Waals surface area (Å²) in [5.41, 5.74) is 0.260. The maximum Gasteiger partial charge on any atom is 0.257 e. The van der Waals surface area contributed by atoms with Crippen molar-refractivity contribution in [2.45, 2.75) is 0 Å². The van der Waals surface area contributed by atoms with Crippen molar-refractivity contribution in [3.63, 3.8) is 0 Å². The predicted octanol–water partition coefficient (Wildman–Crippen LogP) is 1.03. The maximum absolute atomic E-state index is 12.1. The standard InChI is InChI=1S/C13H20N2O3/c1-14(2)8-9-15(3)13(17)10-6-5-7-11(18-4)12(10)16/h5-7,16H,8-9H2,1-4H3. The smallest absolute Gasteiger partial charge is 0.257 e. The number of aromatic hydroxyl groups is 1.